The number of fused-ring (bicyclic) bond motifs is 1. The van der Waals surface area contributed by atoms with Crippen LogP contribution in [0.2, 0.25) is 0 Å². The average molecular weight is 795 g/mol. The molecule has 298 valence electrons. The fraction of sp³-hybridized carbons (Fsp3) is 0.359. The number of carbonyl (C=O) groups excluding carboxylic acids is 3. The van der Waals surface area contributed by atoms with Gasteiger partial charge in [-0.15, -0.1) is 0 Å². The van der Waals surface area contributed by atoms with Crippen molar-refractivity contribution >= 4 is 33.5 Å². The van der Waals surface area contributed by atoms with Crippen LogP contribution in [0.25, 0.3) is 5.69 Å². The number of nitrogens with one attached hydrogen (secondary N) is 3. The second-order valence-electron chi connectivity index (χ2n) is 14.9. The van der Waals surface area contributed by atoms with Gasteiger partial charge in [-0.1, -0.05) is 12.1 Å². The van der Waals surface area contributed by atoms with Gasteiger partial charge in [0.15, 0.2) is 0 Å². The zero-order valence-corrected chi connectivity index (χ0v) is 32.8. The summed E-state index contributed by atoms with van der Waals surface area (Å²) in [6.45, 7) is 9.65. The zero-order chi connectivity index (χ0) is 41.3. The van der Waals surface area contributed by atoms with Gasteiger partial charge in [-0.05, 0) is 96.1 Å². The molecule has 0 bridgehead atoms. The Hall–Kier alpha value is -5.68. The summed E-state index contributed by atoms with van der Waals surface area (Å²) in [5, 5.41) is 5.13. The quantitative estimate of drug-likeness (QED) is 0.192. The molecule has 0 fully saturated rings. The molecule has 56 heavy (non-hydrogen) atoms. The van der Waals surface area contributed by atoms with Crippen molar-refractivity contribution in [3.8, 4) is 5.69 Å². The fourth-order valence-corrected chi connectivity index (χ4v) is 7.15. The van der Waals surface area contributed by atoms with Gasteiger partial charge in [0.2, 0.25) is 0 Å². The van der Waals surface area contributed by atoms with E-state index in [1.807, 2.05) is 16.7 Å². The van der Waals surface area contributed by atoms with Crippen molar-refractivity contribution in [1.29, 1.82) is 0 Å². The third kappa shape index (κ3) is 9.39. The Morgan fingerprint density at radius 1 is 0.911 bits per heavy atom. The Morgan fingerprint density at radius 2 is 1.55 bits per heavy atom. The highest BCUT2D eigenvalue weighted by Gasteiger charge is 2.28. The fourth-order valence-electron chi connectivity index (χ4n) is 6.09. The van der Waals surface area contributed by atoms with Crippen molar-refractivity contribution in [2.75, 3.05) is 18.3 Å². The van der Waals surface area contributed by atoms with Crippen molar-refractivity contribution in [2.45, 2.75) is 76.6 Å². The number of ether oxygens (including phenoxy) is 1. The molecule has 3 N–H and O–H groups in total. The molecule has 0 saturated heterocycles. The third-order valence-electron chi connectivity index (χ3n) is 8.89. The van der Waals surface area contributed by atoms with E-state index in [0.717, 1.165) is 16.7 Å². The highest BCUT2D eigenvalue weighted by Crippen LogP contribution is 2.24. The highest BCUT2D eigenvalue weighted by molar-refractivity contribution is 7.92. The number of rotatable bonds is 11. The molecule has 0 radical (unpaired) electrons. The number of carbonyl (C=O) groups is 3. The number of sulfonamides is 1. The Bertz CT molecular complexity index is 2400. The summed E-state index contributed by atoms with van der Waals surface area (Å²) in [6, 6.07) is 10.6. The molecule has 4 aromatic rings. The lowest BCUT2D eigenvalue weighted by Crippen LogP contribution is -2.45. The third-order valence-corrected chi connectivity index (χ3v) is 10.3. The van der Waals surface area contributed by atoms with Crippen molar-refractivity contribution in [1.82, 2.24) is 24.7 Å². The monoisotopic (exact) mass is 794 g/mol. The summed E-state index contributed by atoms with van der Waals surface area (Å²) in [5.41, 5.74) is -0.920. The van der Waals surface area contributed by atoms with Crippen LogP contribution in [0.1, 0.15) is 72.2 Å². The first-order valence-corrected chi connectivity index (χ1v) is 19.2. The van der Waals surface area contributed by atoms with E-state index < -0.39 is 79.6 Å². The summed E-state index contributed by atoms with van der Waals surface area (Å²) >= 11 is 0. The summed E-state index contributed by atoms with van der Waals surface area (Å²) in [6.07, 6.45) is -0.275. The zero-order valence-electron chi connectivity index (χ0n) is 32.0. The number of amides is 2. The van der Waals surface area contributed by atoms with Crippen LogP contribution >= 0.6 is 0 Å². The maximum atomic E-state index is 15.4. The lowest BCUT2D eigenvalue weighted by molar-refractivity contribution is -0.149. The van der Waals surface area contributed by atoms with E-state index in [9.17, 15) is 32.4 Å². The van der Waals surface area contributed by atoms with Gasteiger partial charge < -0.3 is 20.3 Å². The molecule has 3 aromatic carbocycles. The maximum Gasteiger partial charge on any atom is 0.335 e. The van der Waals surface area contributed by atoms with Crippen LogP contribution in [0.4, 0.5) is 14.5 Å². The van der Waals surface area contributed by atoms with Crippen molar-refractivity contribution < 1.29 is 36.3 Å². The number of anilines is 1. The van der Waals surface area contributed by atoms with E-state index in [0.29, 0.717) is 54.2 Å². The van der Waals surface area contributed by atoms with Crippen LogP contribution < -0.4 is 26.6 Å². The maximum absolute atomic E-state index is 15.4. The van der Waals surface area contributed by atoms with E-state index in [2.05, 4.69) is 10.6 Å². The Kier molecular flexibility index (Phi) is 12.0. The van der Waals surface area contributed by atoms with Gasteiger partial charge in [0, 0.05) is 55.0 Å². The summed E-state index contributed by atoms with van der Waals surface area (Å²) in [7, 11) is -0.949. The second-order valence-corrected chi connectivity index (χ2v) is 16.6. The first kappa shape index (κ1) is 41.5. The highest BCUT2D eigenvalue weighted by atomic mass is 32.2. The van der Waals surface area contributed by atoms with Crippen LogP contribution in [0.5, 0.6) is 0 Å². The number of hydrogen-bond acceptors (Lipinski definition) is 9. The van der Waals surface area contributed by atoms with Crippen LogP contribution in [0.15, 0.2) is 75.1 Å². The first-order chi connectivity index (χ1) is 26.1. The van der Waals surface area contributed by atoms with Crippen molar-refractivity contribution in [3.63, 3.8) is 0 Å². The minimum Gasteiger partial charge on any atom is -0.461 e. The molecule has 0 unspecified atom stereocenters. The van der Waals surface area contributed by atoms with E-state index in [1.54, 1.807) is 53.8 Å². The summed E-state index contributed by atoms with van der Waals surface area (Å²) < 4.78 is 66.5. The van der Waals surface area contributed by atoms with Gasteiger partial charge in [0.25, 0.3) is 27.4 Å². The second kappa shape index (κ2) is 16.2. The van der Waals surface area contributed by atoms with E-state index >= 15 is 8.78 Å². The Morgan fingerprint density at radius 3 is 2.16 bits per heavy atom. The van der Waals surface area contributed by atoms with Gasteiger partial charge >= 0.3 is 11.7 Å². The molecule has 0 aliphatic carbocycles. The topological polar surface area (TPSA) is 178 Å². The average Bonchev–Trinajstić information content (AvgIpc) is 3.11. The van der Waals surface area contributed by atoms with E-state index in [-0.39, 0.29) is 16.9 Å². The number of nitrogens with zero attached hydrogens (tertiary/aromatic N) is 3. The smallest absolute Gasteiger partial charge is 0.335 e. The molecule has 2 amide bonds. The molecule has 1 aliphatic heterocycles. The van der Waals surface area contributed by atoms with E-state index in [4.69, 9.17) is 4.74 Å². The minimum absolute atomic E-state index is 0.167. The van der Waals surface area contributed by atoms with Crippen LogP contribution in [-0.2, 0) is 46.0 Å². The van der Waals surface area contributed by atoms with Crippen LogP contribution in [-0.4, -0.2) is 71.5 Å². The number of benzene rings is 3. The SMILES string of the molecule is CC(C)OC(=O)[C@H](Cc1ccc(-n2c(=O)c3c(n(C)c2=O)CN(C)CC3)cc1)NC(=O)c1cc(F)c(NS(=O)(=O)c2ccc(C(=O)NC(C)(C)C)cc2)cc1F. The van der Waals surface area contributed by atoms with Gasteiger partial charge in [-0.3, -0.25) is 23.7 Å². The van der Waals surface area contributed by atoms with Crippen molar-refractivity contribution in [2.24, 2.45) is 7.05 Å². The number of halogens is 2. The Labute approximate surface area is 322 Å². The summed E-state index contributed by atoms with van der Waals surface area (Å²) in [5.74, 6) is -5.06. The largest absolute Gasteiger partial charge is 0.461 e. The van der Waals surface area contributed by atoms with Crippen LogP contribution in [0, 0.1) is 11.6 Å². The minimum atomic E-state index is -4.46. The number of likely N-dealkylation sites (N-methyl/N-ethyl adjacent to an activating group) is 1. The molecular weight excluding hydrogens is 751 g/mol. The van der Waals surface area contributed by atoms with E-state index in [1.165, 1.54) is 28.8 Å². The summed E-state index contributed by atoms with van der Waals surface area (Å²) in [4.78, 5) is 67.2. The Balaban J connectivity index is 1.34. The molecule has 1 aliphatic rings. The predicted molar refractivity (Wildman–Crippen MR) is 204 cm³/mol. The molecule has 2 heterocycles. The van der Waals surface area contributed by atoms with Gasteiger partial charge in [0.05, 0.1) is 27.9 Å². The molecule has 0 saturated carbocycles. The number of aromatic nitrogens is 2. The van der Waals surface area contributed by atoms with Gasteiger partial charge in [-0.25, -0.2) is 31.4 Å². The number of hydrogen-bond donors (Lipinski definition) is 3. The van der Waals surface area contributed by atoms with Gasteiger partial charge in [0.1, 0.15) is 17.7 Å². The molecule has 5 rings (SSSR count). The molecule has 17 heteroatoms. The van der Waals surface area contributed by atoms with Gasteiger partial charge in [-0.2, -0.15) is 0 Å². The molecule has 1 atom stereocenters. The molecular formula is C39H44F2N6O8S. The standard InChI is InChI=1S/C39H44F2N6O8S/c1-22(2)55-37(51)32(18-23-8-12-25(13-9-23)47-36(50)27-16-17-45(6)21-33(27)46(7)38(47)52)42-35(49)28-19-30(41)31(20-29(28)40)44-56(53,54)26-14-10-24(11-15-26)34(48)43-39(3,4)5/h8-15,19-20,22,32,44H,16-18,21H2,1-7H3,(H,42,49)(H,43,48)/t32-/m0/s1. The number of esters is 1. The van der Waals surface area contributed by atoms with Crippen molar-refractivity contribution in [3.05, 3.63) is 121 Å². The lowest BCUT2D eigenvalue weighted by Gasteiger charge is -2.26. The molecule has 1 aromatic heterocycles. The lowest BCUT2D eigenvalue weighted by atomic mass is 10.0. The molecule has 14 nitrogen and oxygen atoms in total. The van der Waals surface area contributed by atoms with Crippen LogP contribution in [0.3, 0.4) is 0 Å². The first-order valence-electron chi connectivity index (χ1n) is 17.7. The predicted octanol–water partition coefficient (Wildman–Crippen LogP) is 3.42. The molecule has 0 spiro atoms. The normalized spacial score (nSPS) is 13.8.